The van der Waals surface area contributed by atoms with Gasteiger partial charge in [0.25, 0.3) is 0 Å². The molecular formula is C10H11BrNO3P. The molecule has 2 rings (SSSR count). The standard InChI is InChI=1S/C10H11BrNO3P/c1-12-9(16(13,14)15)6-5-7-3-2-4-8(11)10(7)12/h2-6,9H,1H3,(H2,13,14,15). The average molecular weight is 304 g/mol. The van der Waals surface area contributed by atoms with E-state index in [4.69, 9.17) is 0 Å². The third-order valence-corrected chi connectivity index (χ3v) is 4.41. The number of nitrogens with zero attached hydrogens (tertiary/aromatic N) is 1. The minimum Gasteiger partial charge on any atom is -0.356 e. The van der Waals surface area contributed by atoms with Crippen molar-refractivity contribution in [3.8, 4) is 0 Å². The van der Waals surface area contributed by atoms with Crippen molar-refractivity contribution in [1.82, 2.24) is 0 Å². The van der Waals surface area contributed by atoms with Gasteiger partial charge in [0.05, 0.1) is 5.69 Å². The number of halogens is 1. The number of benzene rings is 1. The molecule has 2 N–H and O–H groups in total. The first-order chi connectivity index (χ1) is 7.41. The van der Waals surface area contributed by atoms with Gasteiger partial charge in [-0.2, -0.15) is 0 Å². The van der Waals surface area contributed by atoms with Gasteiger partial charge in [0.1, 0.15) is 5.78 Å². The lowest BCUT2D eigenvalue weighted by Crippen LogP contribution is -2.32. The molecule has 0 spiro atoms. The van der Waals surface area contributed by atoms with Crippen molar-refractivity contribution in [2.45, 2.75) is 5.78 Å². The molecule has 4 nitrogen and oxygen atoms in total. The molecule has 0 aromatic heterocycles. The molecule has 1 aliphatic heterocycles. The van der Waals surface area contributed by atoms with Crippen LogP contribution in [-0.4, -0.2) is 22.6 Å². The summed E-state index contributed by atoms with van der Waals surface area (Å²) in [7, 11) is -2.48. The van der Waals surface area contributed by atoms with Gasteiger partial charge in [-0.25, -0.2) is 0 Å². The van der Waals surface area contributed by atoms with Gasteiger partial charge >= 0.3 is 7.60 Å². The average Bonchev–Trinajstić information content (AvgIpc) is 2.16. The van der Waals surface area contributed by atoms with E-state index in [-0.39, 0.29) is 0 Å². The van der Waals surface area contributed by atoms with Gasteiger partial charge in [0, 0.05) is 11.5 Å². The molecule has 1 aromatic carbocycles. The highest BCUT2D eigenvalue weighted by atomic mass is 79.9. The molecule has 86 valence electrons. The molecule has 1 heterocycles. The van der Waals surface area contributed by atoms with Gasteiger partial charge in [-0.15, -0.1) is 0 Å². The van der Waals surface area contributed by atoms with Crippen LogP contribution in [0.25, 0.3) is 6.08 Å². The van der Waals surface area contributed by atoms with Crippen LogP contribution < -0.4 is 4.90 Å². The molecule has 1 unspecified atom stereocenters. The fourth-order valence-corrected chi connectivity index (χ4v) is 3.37. The van der Waals surface area contributed by atoms with E-state index >= 15 is 0 Å². The molecule has 0 fully saturated rings. The normalized spacial score (nSPS) is 19.8. The van der Waals surface area contributed by atoms with Crippen molar-refractivity contribution in [3.05, 3.63) is 34.3 Å². The Hall–Kier alpha value is -0.610. The smallest absolute Gasteiger partial charge is 0.351 e. The van der Waals surface area contributed by atoms with Crippen LogP contribution in [0.5, 0.6) is 0 Å². The number of rotatable bonds is 1. The van der Waals surface area contributed by atoms with Gasteiger partial charge in [0.2, 0.25) is 0 Å². The van der Waals surface area contributed by atoms with Gasteiger partial charge in [0.15, 0.2) is 0 Å². The Balaban J connectivity index is 2.54. The summed E-state index contributed by atoms with van der Waals surface area (Å²) in [5.74, 6) is -0.890. The third-order valence-electron chi connectivity index (χ3n) is 2.56. The lowest BCUT2D eigenvalue weighted by atomic mass is 10.1. The molecule has 0 radical (unpaired) electrons. The summed E-state index contributed by atoms with van der Waals surface area (Å²) in [6.45, 7) is 0. The van der Waals surface area contributed by atoms with Crippen molar-refractivity contribution >= 4 is 35.3 Å². The molecule has 0 aliphatic carbocycles. The quantitative estimate of drug-likeness (QED) is 0.782. The van der Waals surface area contributed by atoms with E-state index in [9.17, 15) is 14.4 Å². The molecule has 0 saturated heterocycles. The predicted molar refractivity (Wildman–Crippen MR) is 67.4 cm³/mol. The van der Waals surface area contributed by atoms with Gasteiger partial charge < -0.3 is 14.7 Å². The highest BCUT2D eigenvalue weighted by Crippen LogP contribution is 2.48. The minimum absolute atomic E-state index is 0.804. The number of fused-ring (bicyclic) bond motifs is 1. The first kappa shape index (κ1) is 11.9. The topological polar surface area (TPSA) is 60.8 Å². The van der Waals surface area contributed by atoms with Crippen LogP contribution in [0.1, 0.15) is 5.56 Å². The third kappa shape index (κ3) is 1.96. The zero-order valence-electron chi connectivity index (χ0n) is 8.54. The van der Waals surface area contributed by atoms with Crippen LogP contribution in [0, 0.1) is 0 Å². The highest BCUT2D eigenvalue weighted by Gasteiger charge is 2.34. The van der Waals surface area contributed by atoms with Crippen LogP contribution >= 0.6 is 23.5 Å². The zero-order valence-corrected chi connectivity index (χ0v) is 11.0. The highest BCUT2D eigenvalue weighted by molar-refractivity contribution is 9.10. The van der Waals surface area contributed by atoms with Crippen molar-refractivity contribution < 1.29 is 14.4 Å². The van der Waals surface area contributed by atoms with E-state index in [0.717, 1.165) is 15.7 Å². The lowest BCUT2D eigenvalue weighted by Gasteiger charge is -2.33. The fourth-order valence-electron chi connectivity index (χ4n) is 1.83. The molecule has 0 saturated carbocycles. The van der Waals surface area contributed by atoms with Gasteiger partial charge in [-0.3, -0.25) is 4.57 Å². The summed E-state index contributed by atoms with van der Waals surface area (Å²) in [6, 6.07) is 5.65. The Kier molecular flexibility index (Phi) is 2.97. The second-order valence-corrected chi connectivity index (χ2v) is 6.21. The fraction of sp³-hybridized carbons (Fsp3) is 0.200. The molecule has 0 bridgehead atoms. The first-order valence-corrected chi connectivity index (χ1v) is 7.13. The molecule has 1 aromatic rings. The maximum atomic E-state index is 11.3. The number of hydrogen-bond acceptors (Lipinski definition) is 2. The second-order valence-electron chi connectivity index (χ2n) is 3.65. The summed E-state index contributed by atoms with van der Waals surface area (Å²) in [5, 5.41) is 0. The Morgan fingerprint density at radius 2 is 2.12 bits per heavy atom. The summed E-state index contributed by atoms with van der Waals surface area (Å²) in [4.78, 5) is 20.1. The number of hydrogen-bond donors (Lipinski definition) is 2. The van der Waals surface area contributed by atoms with E-state index in [2.05, 4.69) is 15.9 Å². The largest absolute Gasteiger partial charge is 0.356 e. The summed E-state index contributed by atoms with van der Waals surface area (Å²) >= 11 is 3.39. The van der Waals surface area contributed by atoms with Crippen LogP contribution in [-0.2, 0) is 4.57 Å². The number of para-hydroxylation sites is 1. The molecule has 0 amide bonds. The zero-order chi connectivity index (χ0) is 11.9. The van der Waals surface area contributed by atoms with Crippen molar-refractivity contribution in [3.63, 3.8) is 0 Å². The van der Waals surface area contributed by atoms with Gasteiger partial charge in [-0.05, 0) is 33.6 Å². The van der Waals surface area contributed by atoms with Crippen molar-refractivity contribution in [2.75, 3.05) is 11.9 Å². The maximum Gasteiger partial charge on any atom is 0.351 e. The van der Waals surface area contributed by atoms with E-state index in [1.807, 2.05) is 18.2 Å². The first-order valence-electron chi connectivity index (χ1n) is 4.66. The van der Waals surface area contributed by atoms with Crippen LogP contribution in [0.3, 0.4) is 0 Å². The monoisotopic (exact) mass is 303 g/mol. The van der Waals surface area contributed by atoms with Crippen LogP contribution in [0.4, 0.5) is 5.69 Å². The van der Waals surface area contributed by atoms with Crippen LogP contribution in [0.15, 0.2) is 28.7 Å². The van der Waals surface area contributed by atoms with Crippen molar-refractivity contribution in [1.29, 1.82) is 0 Å². The SMILES string of the molecule is CN1c2c(Br)cccc2C=CC1P(=O)(O)O. The van der Waals surface area contributed by atoms with E-state index < -0.39 is 13.4 Å². The molecule has 1 atom stereocenters. The second kappa shape index (κ2) is 4.00. The summed E-state index contributed by atoms with van der Waals surface area (Å²) in [5.41, 5.74) is 1.75. The minimum atomic E-state index is -4.15. The Labute approximate surface area is 102 Å². The van der Waals surface area contributed by atoms with Gasteiger partial charge in [-0.1, -0.05) is 18.2 Å². The molecular weight excluding hydrogens is 293 g/mol. The number of likely N-dealkylation sites (N-methyl/N-ethyl adjacent to an activating group) is 1. The van der Waals surface area contributed by atoms with Crippen molar-refractivity contribution in [2.24, 2.45) is 0 Å². The Morgan fingerprint density at radius 3 is 2.75 bits per heavy atom. The Bertz CT molecular complexity index is 497. The molecule has 16 heavy (non-hydrogen) atoms. The molecule has 1 aliphatic rings. The predicted octanol–water partition coefficient (Wildman–Crippen LogP) is 2.42. The van der Waals surface area contributed by atoms with Crippen LogP contribution in [0.2, 0.25) is 0 Å². The molecule has 6 heteroatoms. The summed E-state index contributed by atoms with van der Waals surface area (Å²) < 4.78 is 12.1. The number of anilines is 1. The lowest BCUT2D eigenvalue weighted by molar-refractivity contribution is 0.364. The summed E-state index contributed by atoms with van der Waals surface area (Å²) in [6.07, 6.45) is 3.28. The van der Waals surface area contributed by atoms with E-state index in [1.165, 1.54) is 6.08 Å². The Morgan fingerprint density at radius 1 is 1.44 bits per heavy atom. The van der Waals surface area contributed by atoms with E-state index in [1.54, 1.807) is 18.0 Å². The van der Waals surface area contributed by atoms with E-state index in [0.29, 0.717) is 0 Å². The maximum absolute atomic E-state index is 11.3.